The van der Waals surface area contributed by atoms with E-state index in [9.17, 15) is 4.79 Å². The molecule has 5 heteroatoms. The Morgan fingerprint density at radius 2 is 2.00 bits per heavy atom. The highest BCUT2D eigenvalue weighted by Crippen LogP contribution is 2.28. The Labute approximate surface area is 132 Å². The lowest BCUT2D eigenvalue weighted by atomic mass is 10.1. The molecule has 0 spiro atoms. The smallest absolute Gasteiger partial charge is 0.359 e. The molecule has 1 heterocycles. The van der Waals surface area contributed by atoms with E-state index in [0.29, 0.717) is 5.69 Å². The summed E-state index contributed by atoms with van der Waals surface area (Å²) < 4.78 is 7.52. The maximum Gasteiger partial charge on any atom is 0.359 e. The molecule has 0 aliphatic rings. The lowest BCUT2D eigenvalue weighted by Crippen LogP contribution is -2.07. The normalized spacial score (nSPS) is 10.9. The van der Waals surface area contributed by atoms with Crippen LogP contribution in [-0.4, -0.2) is 22.9 Å². The number of para-hydroxylation sites is 1. The molecule has 2 rings (SSSR count). The Balaban J connectivity index is 2.70. The fourth-order valence-corrected chi connectivity index (χ4v) is 3.30. The van der Waals surface area contributed by atoms with Gasteiger partial charge < -0.3 is 4.74 Å². The van der Waals surface area contributed by atoms with Crippen molar-refractivity contribution in [3.63, 3.8) is 0 Å². The van der Waals surface area contributed by atoms with E-state index in [0.717, 1.165) is 20.5 Å². The average Bonchev–Trinajstić information content (AvgIpc) is 2.76. The molecule has 0 radical (unpaired) electrons. The highest BCUT2D eigenvalue weighted by molar-refractivity contribution is 14.1. The summed E-state index contributed by atoms with van der Waals surface area (Å²) in [6.07, 6.45) is 0. The van der Waals surface area contributed by atoms with E-state index in [1.165, 1.54) is 7.11 Å². The van der Waals surface area contributed by atoms with Gasteiger partial charge in [-0.2, -0.15) is 5.10 Å². The Kier molecular flexibility index (Phi) is 4.47. The van der Waals surface area contributed by atoms with E-state index in [2.05, 4.69) is 41.5 Å². The van der Waals surface area contributed by atoms with Crippen LogP contribution in [-0.2, 0) is 4.74 Å². The first-order chi connectivity index (χ1) is 9.47. The summed E-state index contributed by atoms with van der Waals surface area (Å²) in [7, 11) is 1.38. The number of halogens is 1. The predicted octanol–water partition coefficient (Wildman–Crippen LogP) is 3.70. The molecule has 0 aliphatic carbocycles. The SMILES string of the molecule is COC(=O)c1nn(-c2ccccc2C)c(C(C)C)c1I. The average molecular weight is 384 g/mol. The Hall–Kier alpha value is -1.37. The van der Waals surface area contributed by atoms with Gasteiger partial charge in [0.05, 0.1) is 22.1 Å². The van der Waals surface area contributed by atoms with Crippen LogP contribution in [0, 0.1) is 10.5 Å². The number of esters is 1. The number of ether oxygens (including phenoxy) is 1. The number of rotatable bonds is 3. The number of methoxy groups -OCH3 is 1. The molecule has 1 aromatic heterocycles. The molecule has 0 atom stereocenters. The third-order valence-corrected chi connectivity index (χ3v) is 4.19. The second-order valence-electron chi connectivity index (χ2n) is 4.89. The van der Waals surface area contributed by atoms with Crippen LogP contribution in [0.5, 0.6) is 0 Å². The van der Waals surface area contributed by atoms with Crippen LogP contribution in [0.15, 0.2) is 24.3 Å². The molecule has 0 saturated carbocycles. The van der Waals surface area contributed by atoms with Crippen molar-refractivity contribution in [1.82, 2.24) is 9.78 Å². The van der Waals surface area contributed by atoms with Gasteiger partial charge in [-0.25, -0.2) is 9.48 Å². The zero-order valence-electron chi connectivity index (χ0n) is 12.0. The van der Waals surface area contributed by atoms with Crippen LogP contribution in [0.3, 0.4) is 0 Å². The van der Waals surface area contributed by atoms with Crippen LogP contribution in [0.25, 0.3) is 5.69 Å². The van der Waals surface area contributed by atoms with E-state index in [1.54, 1.807) is 0 Å². The zero-order chi connectivity index (χ0) is 14.9. The number of hydrogen-bond acceptors (Lipinski definition) is 3. The van der Waals surface area contributed by atoms with Crippen LogP contribution in [0.2, 0.25) is 0 Å². The van der Waals surface area contributed by atoms with Crippen LogP contribution in [0.4, 0.5) is 0 Å². The second kappa shape index (κ2) is 5.95. The van der Waals surface area contributed by atoms with E-state index in [4.69, 9.17) is 4.74 Å². The summed E-state index contributed by atoms with van der Waals surface area (Å²) >= 11 is 2.17. The van der Waals surface area contributed by atoms with Gasteiger partial charge in [-0.3, -0.25) is 0 Å². The maximum atomic E-state index is 11.8. The first-order valence-electron chi connectivity index (χ1n) is 6.40. The molecule has 2 aromatic rings. The van der Waals surface area contributed by atoms with E-state index >= 15 is 0 Å². The van der Waals surface area contributed by atoms with Crippen LogP contribution in [0.1, 0.15) is 41.5 Å². The molecule has 1 aromatic carbocycles. The molecule has 0 saturated heterocycles. The molecular weight excluding hydrogens is 367 g/mol. The van der Waals surface area contributed by atoms with Gasteiger partial charge >= 0.3 is 5.97 Å². The van der Waals surface area contributed by atoms with Gasteiger partial charge in [-0.05, 0) is 47.1 Å². The number of aryl methyl sites for hydroxylation is 1. The Morgan fingerprint density at radius 1 is 1.35 bits per heavy atom. The number of nitrogens with zero attached hydrogens (tertiary/aromatic N) is 2. The standard InChI is InChI=1S/C15H17IN2O2/c1-9(2)14-12(16)13(15(19)20-4)17-18(14)11-8-6-5-7-10(11)3/h5-9H,1-4H3. The minimum atomic E-state index is -0.399. The predicted molar refractivity (Wildman–Crippen MR) is 86.4 cm³/mol. The first kappa shape index (κ1) is 15.0. The van der Waals surface area contributed by atoms with Gasteiger partial charge in [0.2, 0.25) is 0 Å². The van der Waals surface area contributed by atoms with Crippen LogP contribution < -0.4 is 0 Å². The van der Waals surface area contributed by atoms with Crippen molar-refractivity contribution in [1.29, 1.82) is 0 Å². The van der Waals surface area contributed by atoms with Crippen molar-refractivity contribution in [3.8, 4) is 5.69 Å². The lowest BCUT2D eigenvalue weighted by molar-refractivity contribution is 0.0592. The molecule has 20 heavy (non-hydrogen) atoms. The maximum absolute atomic E-state index is 11.8. The van der Waals surface area contributed by atoms with Crippen molar-refractivity contribution < 1.29 is 9.53 Å². The summed E-state index contributed by atoms with van der Waals surface area (Å²) in [6.45, 7) is 6.22. The topological polar surface area (TPSA) is 44.1 Å². The molecule has 0 amide bonds. The third-order valence-electron chi connectivity index (χ3n) is 3.13. The zero-order valence-corrected chi connectivity index (χ0v) is 14.1. The summed E-state index contributed by atoms with van der Waals surface area (Å²) in [5, 5.41) is 4.47. The highest BCUT2D eigenvalue weighted by Gasteiger charge is 2.24. The molecule has 4 nitrogen and oxygen atoms in total. The van der Waals surface area contributed by atoms with Gasteiger partial charge in [0.15, 0.2) is 5.69 Å². The number of hydrogen-bond donors (Lipinski definition) is 0. The number of aromatic nitrogens is 2. The minimum Gasteiger partial charge on any atom is -0.464 e. The summed E-state index contributed by atoms with van der Waals surface area (Å²) in [5.74, 6) is -0.143. The van der Waals surface area contributed by atoms with Gasteiger partial charge in [-0.1, -0.05) is 32.0 Å². The number of carbonyl (C=O) groups excluding carboxylic acids is 1. The van der Waals surface area contributed by atoms with Crippen molar-refractivity contribution in [2.24, 2.45) is 0 Å². The van der Waals surface area contributed by atoms with Gasteiger partial charge in [0.1, 0.15) is 0 Å². The lowest BCUT2D eigenvalue weighted by Gasteiger charge is -2.12. The molecule has 0 aliphatic heterocycles. The second-order valence-corrected chi connectivity index (χ2v) is 5.97. The van der Waals surface area contributed by atoms with E-state index < -0.39 is 5.97 Å². The Bertz CT molecular complexity index is 647. The number of carbonyl (C=O) groups is 1. The molecule has 0 fully saturated rings. The summed E-state index contributed by atoms with van der Waals surface area (Å²) in [4.78, 5) is 11.8. The monoisotopic (exact) mass is 384 g/mol. The largest absolute Gasteiger partial charge is 0.464 e. The third kappa shape index (κ3) is 2.59. The van der Waals surface area contributed by atoms with Gasteiger partial charge in [0.25, 0.3) is 0 Å². The molecule has 0 unspecified atom stereocenters. The van der Waals surface area contributed by atoms with Crippen molar-refractivity contribution in [2.45, 2.75) is 26.7 Å². The van der Waals surface area contributed by atoms with Crippen molar-refractivity contribution in [3.05, 3.63) is 44.8 Å². The van der Waals surface area contributed by atoms with E-state index in [-0.39, 0.29) is 5.92 Å². The van der Waals surface area contributed by atoms with E-state index in [1.807, 2.05) is 35.9 Å². The molecular formula is C15H17IN2O2. The van der Waals surface area contributed by atoms with Crippen molar-refractivity contribution in [2.75, 3.05) is 7.11 Å². The van der Waals surface area contributed by atoms with Crippen molar-refractivity contribution >= 4 is 28.6 Å². The molecule has 0 bridgehead atoms. The van der Waals surface area contributed by atoms with Gasteiger partial charge in [0, 0.05) is 0 Å². The summed E-state index contributed by atoms with van der Waals surface area (Å²) in [6, 6.07) is 8.00. The fraction of sp³-hybridized carbons (Fsp3) is 0.333. The van der Waals surface area contributed by atoms with Crippen LogP contribution >= 0.6 is 22.6 Å². The summed E-state index contributed by atoms with van der Waals surface area (Å²) in [5.41, 5.74) is 3.51. The molecule has 106 valence electrons. The number of benzene rings is 1. The first-order valence-corrected chi connectivity index (χ1v) is 7.48. The van der Waals surface area contributed by atoms with Gasteiger partial charge in [-0.15, -0.1) is 0 Å². The minimum absolute atomic E-state index is 0.257. The quantitative estimate of drug-likeness (QED) is 0.599. The molecule has 0 N–H and O–H groups in total. The fourth-order valence-electron chi connectivity index (χ4n) is 2.12. The highest BCUT2D eigenvalue weighted by atomic mass is 127. The Morgan fingerprint density at radius 3 is 2.55 bits per heavy atom.